The molecular formula is C2H4N2OS. The molecule has 0 fully saturated rings. The van der Waals surface area contributed by atoms with E-state index in [1.807, 2.05) is 0 Å². The fourth-order valence-corrected chi connectivity index (χ4v) is 0. The Bertz CT molecular complexity index is 78.5. The fourth-order valence-electron chi connectivity index (χ4n) is 0. The van der Waals surface area contributed by atoms with Crippen LogP contribution in [0.4, 0.5) is 0 Å². The normalized spacial score (nSPS) is 18.3. The molecule has 0 bridgehead atoms. The molecule has 4 heteroatoms. The van der Waals surface area contributed by atoms with Crippen LogP contribution >= 0.6 is 12.6 Å². The van der Waals surface area contributed by atoms with Crippen molar-refractivity contribution < 1.29 is 5.11 Å². The third-order valence-corrected chi connectivity index (χ3v) is 0.265. The van der Waals surface area contributed by atoms with Crippen LogP contribution in [0.2, 0.25) is 0 Å². The first kappa shape index (κ1) is 5.76. The van der Waals surface area contributed by atoms with Crippen LogP contribution in [0.3, 0.4) is 0 Å². The lowest BCUT2D eigenvalue weighted by molar-refractivity contribution is 0.206. The molecular weight excluding hydrogens is 100 g/mol. The molecule has 0 aliphatic rings. The lowest BCUT2D eigenvalue weighted by atomic mass is 10.7. The van der Waals surface area contributed by atoms with Crippen molar-refractivity contribution in [3.63, 3.8) is 0 Å². The van der Waals surface area contributed by atoms with Gasteiger partial charge in [0.05, 0.1) is 0 Å². The number of rotatable bonds is 0. The molecule has 6 heavy (non-hydrogen) atoms. The molecule has 0 radical (unpaired) electrons. The highest BCUT2D eigenvalue weighted by Gasteiger charge is 2.09. The largest absolute Gasteiger partial charge is 0.356 e. The first-order valence-electron chi connectivity index (χ1n) is 1.21. The van der Waals surface area contributed by atoms with E-state index in [1.54, 1.807) is 0 Å². The quantitative estimate of drug-likeness (QED) is 0.211. The number of thiol groups is 1. The number of hydrogen-bond donors (Lipinski definition) is 3. The predicted molar refractivity (Wildman–Crippen MR) is 23.7 cm³/mol. The summed E-state index contributed by atoms with van der Waals surface area (Å²) in [6.45, 7) is 0. The van der Waals surface area contributed by atoms with Crippen LogP contribution in [0.25, 0.3) is 0 Å². The summed E-state index contributed by atoms with van der Waals surface area (Å²) in [7, 11) is 0. The van der Waals surface area contributed by atoms with E-state index in [2.05, 4.69) is 18.4 Å². The monoisotopic (exact) mass is 104 g/mol. The minimum atomic E-state index is -1.96. The van der Waals surface area contributed by atoms with Crippen LogP contribution in [0.5, 0.6) is 0 Å². The van der Waals surface area contributed by atoms with Crippen molar-refractivity contribution in [2.24, 2.45) is 5.73 Å². The average Bonchev–Trinajstić information content (AvgIpc) is 1.35. The maximum atomic E-state index is 8.11. The molecule has 0 aromatic rings. The highest BCUT2D eigenvalue weighted by molar-refractivity contribution is 7.81. The molecule has 0 aliphatic carbocycles. The van der Waals surface area contributed by atoms with Gasteiger partial charge in [0.15, 0.2) is 0 Å². The van der Waals surface area contributed by atoms with Gasteiger partial charge in [-0.2, -0.15) is 5.26 Å². The zero-order valence-corrected chi connectivity index (χ0v) is 3.81. The molecule has 0 spiro atoms. The summed E-state index contributed by atoms with van der Waals surface area (Å²) in [5, 5.41) is 13.9. The van der Waals surface area contributed by atoms with Crippen molar-refractivity contribution >= 4 is 12.6 Å². The lowest BCUT2D eigenvalue weighted by Crippen LogP contribution is -2.29. The highest BCUT2D eigenvalue weighted by Crippen LogP contribution is 1.93. The second-order valence-electron chi connectivity index (χ2n) is 0.838. The molecule has 0 saturated carbocycles. The van der Waals surface area contributed by atoms with E-state index in [1.165, 1.54) is 6.07 Å². The van der Waals surface area contributed by atoms with Gasteiger partial charge in [-0.05, 0) is 0 Å². The van der Waals surface area contributed by atoms with E-state index in [0.717, 1.165) is 0 Å². The Balaban J connectivity index is 3.55. The molecule has 3 nitrogen and oxygen atoms in total. The Morgan fingerprint density at radius 2 is 2.17 bits per heavy atom. The van der Waals surface area contributed by atoms with Crippen LogP contribution in [0.1, 0.15) is 0 Å². The molecule has 0 heterocycles. The fraction of sp³-hybridized carbons (Fsp3) is 0.500. The highest BCUT2D eigenvalue weighted by atomic mass is 32.1. The van der Waals surface area contributed by atoms with Crippen LogP contribution < -0.4 is 5.73 Å². The van der Waals surface area contributed by atoms with E-state index in [-0.39, 0.29) is 0 Å². The number of hydrogen-bond acceptors (Lipinski definition) is 4. The summed E-state index contributed by atoms with van der Waals surface area (Å²) < 4.78 is 0. The van der Waals surface area contributed by atoms with Crippen molar-refractivity contribution in [3.05, 3.63) is 0 Å². The number of nitrogens with zero attached hydrogens (tertiary/aromatic N) is 1. The Morgan fingerprint density at radius 3 is 2.17 bits per heavy atom. The summed E-state index contributed by atoms with van der Waals surface area (Å²) in [5.74, 6) is 0. The third kappa shape index (κ3) is 3.76. The topological polar surface area (TPSA) is 70.0 Å². The van der Waals surface area contributed by atoms with Crippen molar-refractivity contribution in [1.82, 2.24) is 0 Å². The summed E-state index contributed by atoms with van der Waals surface area (Å²) in [5.41, 5.74) is 4.59. The van der Waals surface area contributed by atoms with Gasteiger partial charge in [0, 0.05) is 0 Å². The van der Waals surface area contributed by atoms with Crippen molar-refractivity contribution in [2.45, 2.75) is 5.06 Å². The van der Waals surface area contributed by atoms with Gasteiger partial charge in [-0.25, -0.2) is 0 Å². The first-order chi connectivity index (χ1) is 2.56. The van der Waals surface area contributed by atoms with Crippen LogP contribution in [0.15, 0.2) is 0 Å². The van der Waals surface area contributed by atoms with Crippen LogP contribution in [0, 0.1) is 11.3 Å². The molecule has 0 rings (SSSR count). The van der Waals surface area contributed by atoms with Crippen molar-refractivity contribution in [3.8, 4) is 6.07 Å². The molecule has 0 amide bonds. The number of aliphatic hydroxyl groups is 1. The Morgan fingerprint density at radius 1 is 2.00 bits per heavy atom. The molecule has 1 unspecified atom stereocenters. The number of nitrogens with two attached hydrogens (primary N) is 1. The zero-order valence-electron chi connectivity index (χ0n) is 2.92. The van der Waals surface area contributed by atoms with Gasteiger partial charge in [0.2, 0.25) is 5.06 Å². The Kier molecular flexibility index (Phi) is 1.41. The minimum Gasteiger partial charge on any atom is -0.356 e. The van der Waals surface area contributed by atoms with Gasteiger partial charge in [-0.1, -0.05) is 0 Å². The standard InChI is InChI=1S/C2H4N2OS/c3-1-2(4,5)6/h5-6H,4H2. The summed E-state index contributed by atoms with van der Waals surface area (Å²) >= 11 is 3.23. The Labute approximate surface area is 40.8 Å². The van der Waals surface area contributed by atoms with Gasteiger partial charge >= 0.3 is 0 Å². The van der Waals surface area contributed by atoms with Crippen molar-refractivity contribution in [1.29, 1.82) is 5.26 Å². The van der Waals surface area contributed by atoms with Crippen molar-refractivity contribution in [2.75, 3.05) is 0 Å². The maximum absolute atomic E-state index is 8.11. The van der Waals surface area contributed by atoms with Crippen LogP contribution in [-0.2, 0) is 0 Å². The molecule has 3 N–H and O–H groups in total. The maximum Gasteiger partial charge on any atom is 0.249 e. The smallest absolute Gasteiger partial charge is 0.249 e. The van der Waals surface area contributed by atoms with Gasteiger partial charge in [0.1, 0.15) is 6.07 Å². The van der Waals surface area contributed by atoms with Gasteiger partial charge in [-0.15, -0.1) is 12.6 Å². The molecule has 0 aromatic carbocycles. The summed E-state index contributed by atoms with van der Waals surface area (Å²) in [6, 6.07) is 1.30. The second kappa shape index (κ2) is 1.47. The van der Waals surface area contributed by atoms with Gasteiger partial charge < -0.3 is 5.11 Å². The molecule has 0 saturated heterocycles. The van der Waals surface area contributed by atoms with E-state index < -0.39 is 5.06 Å². The predicted octanol–water partition coefficient (Wildman–Crippen LogP) is -0.955. The van der Waals surface area contributed by atoms with E-state index >= 15 is 0 Å². The molecule has 0 aliphatic heterocycles. The van der Waals surface area contributed by atoms with Gasteiger partial charge in [0.25, 0.3) is 0 Å². The first-order valence-corrected chi connectivity index (χ1v) is 1.66. The summed E-state index contributed by atoms with van der Waals surface area (Å²) in [6.07, 6.45) is 0. The van der Waals surface area contributed by atoms with E-state index in [0.29, 0.717) is 0 Å². The second-order valence-corrected chi connectivity index (χ2v) is 1.52. The molecule has 34 valence electrons. The van der Waals surface area contributed by atoms with E-state index in [4.69, 9.17) is 10.4 Å². The van der Waals surface area contributed by atoms with Crippen LogP contribution in [-0.4, -0.2) is 10.2 Å². The number of nitriles is 1. The molecule has 1 atom stereocenters. The molecule has 0 aromatic heterocycles. The lowest BCUT2D eigenvalue weighted by Gasteiger charge is -1.99. The average molecular weight is 104 g/mol. The third-order valence-electron chi connectivity index (χ3n) is 0.165. The van der Waals surface area contributed by atoms with E-state index in [9.17, 15) is 0 Å². The zero-order chi connectivity index (χ0) is 5.21. The SMILES string of the molecule is N#CC(N)(O)S. The minimum absolute atomic E-state index is 1.30. The summed E-state index contributed by atoms with van der Waals surface area (Å²) in [4.78, 5) is 0. The van der Waals surface area contributed by atoms with Gasteiger partial charge in [-0.3, -0.25) is 5.73 Å². The Hall–Kier alpha value is -0.240.